The zero-order chi connectivity index (χ0) is 25.8. The van der Waals surface area contributed by atoms with Crippen LogP contribution in [-0.2, 0) is 20.7 Å². The molecule has 0 saturated carbocycles. The van der Waals surface area contributed by atoms with E-state index in [1.54, 1.807) is 4.90 Å². The van der Waals surface area contributed by atoms with E-state index in [1.165, 1.54) is 11.1 Å². The van der Waals surface area contributed by atoms with Crippen LogP contribution in [0, 0.1) is 17.3 Å². The first-order valence-corrected chi connectivity index (χ1v) is 13.2. The summed E-state index contributed by atoms with van der Waals surface area (Å²) >= 11 is 0. The Labute approximate surface area is 211 Å². The highest BCUT2D eigenvalue weighted by molar-refractivity contribution is 5.91. The smallest absolute Gasteiger partial charge is 0.240 e. The van der Waals surface area contributed by atoms with Gasteiger partial charge in [-0.1, -0.05) is 65.8 Å². The molecule has 4 atom stereocenters. The molecule has 1 fully saturated rings. The molecule has 0 aromatic heterocycles. The van der Waals surface area contributed by atoms with Crippen LogP contribution >= 0.6 is 0 Å². The van der Waals surface area contributed by atoms with Gasteiger partial charge >= 0.3 is 0 Å². The van der Waals surface area contributed by atoms with Gasteiger partial charge in [-0.25, -0.2) is 0 Å². The predicted molar refractivity (Wildman–Crippen MR) is 142 cm³/mol. The van der Waals surface area contributed by atoms with Crippen LogP contribution in [0.4, 0.5) is 0 Å². The van der Waals surface area contributed by atoms with Crippen molar-refractivity contribution >= 4 is 17.4 Å². The molecule has 2 aliphatic rings. The first kappa shape index (κ1) is 27.2. The molecule has 3 rings (SSSR count). The Balaban J connectivity index is 1.54. The Bertz CT molecular complexity index is 955. The Hall–Kier alpha value is -2.40. The Morgan fingerprint density at radius 3 is 2.40 bits per heavy atom. The Morgan fingerprint density at radius 2 is 1.83 bits per heavy atom. The summed E-state index contributed by atoms with van der Waals surface area (Å²) in [4.78, 5) is 27.9. The molecular weight excluding hydrogens is 436 g/mol. The van der Waals surface area contributed by atoms with Crippen LogP contribution in [0.1, 0.15) is 84.8 Å². The van der Waals surface area contributed by atoms with Crippen molar-refractivity contribution in [3.05, 3.63) is 53.3 Å². The van der Waals surface area contributed by atoms with Gasteiger partial charge in [0.15, 0.2) is 5.78 Å². The van der Waals surface area contributed by atoms with Crippen LogP contribution in [0.25, 0.3) is 5.76 Å². The first-order valence-electron chi connectivity index (χ1n) is 13.2. The van der Waals surface area contributed by atoms with Gasteiger partial charge in [-0.3, -0.25) is 9.59 Å². The van der Waals surface area contributed by atoms with E-state index in [9.17, 15) is 9.59 Å². The minimum Gasteiger partial charge on any atom is -0.465 e. The number of likely N-dealkylation sites (tertiary alicyclic amines) is 1. The van der Waals surface area contributed by atoms with Gasteiger partial charge in [0.2, 0.25) is 5.91 Å². The van der Waals surface area contributed by atoms with Crippen molar-refractivity contribution in [3.8, 4) is 0 Å². The van der Waals surface area contributed by atoms with Crippen LogP contribution in [0.5, 0.6) is 0 Å². The lowest BCUT2D eigenvalue weighted by atomic mass is 9.84. The first-order chi connectivity index (χ1) is 16.5. The number of hydrogen-bond donors (Lipinski definition) is 1. The second kappa shape index (κ2) is 11.6. The summed E-state index contributed by atoms with van der Waals surface area (Å²) in [7, 11) is 0. The van der Waals surface area contributed by atoms with Crippen molar-refractivity contribution in [2.45, 2.75) is 92.2 Å². The largest absolute Gasteiger partial charge is 0.465 e. The number of amides is 1. The summed E-state index contributed by atoms with van der Waals surface area (Å²) in [5.74, 6) is 1.59. The number of ketones is 1. The van der Waals surface area contributed by atoms with Gasteiger partial charge < -0.3 is 15.4 Å². The summed E-state index contributed by atoms with van der Waals surface area (Å²) in [6.07, 6.45) is 9.00. The Kier molecular flexibility index (Phi) is 8.98. The number of benzene rings is 1. The average molecular weight is 481 g/mol. The minimum absolute atomic E-state index is 0.0902. The molecule has 1 aromatic rings. The predicted octanol–water partition coefficient (Wildman–Crippen LogP) is 5.88. The lowest BCUT2D eigenvalue weighted by Crippen LogP contribution is -2.53. The van der Waals surface area contributed by atoms with E-state index in [-0.39, 0.29) is 29.1 Å². The highest BCUT2D eigenvalue weighted by atomic mass is 16.5. The molecule has 5 heteroatoms. The third kappa shape index (κ3) is 6.84. The maximum absolute atomic E-state index is 13.2. The van der Waals surface area contributed by atoms with Gasteiger partial charge in [0.1, 0.15) is 5.76 Å². The minimum atomic E-state index is -0.588. The van der Waals surface area contributed by atoms with E-state index < -0.39 is 6.04 Å². The zero-order valence-electron chi connectivity index (χ0n) is 22.5. The molecule has 5 nitrogen and oxygen atoms in total. The van der Waals surface area contributed by atoms with Crippen LogP contribution in [0.3, 0.4) is 0 Å². The summed E-state index contributed by atoms with van der Waals surface area (Å²) < 4.78 is 5.80. The van der Waals surface area contributed by atoms with Gasteiger partial charge in [-0.05, 0) is 66.6 Å². The van der Waals surface area contributed by atoms with Crippen molar-refractivity contribution in [3.63, 3.8) is 0 Å². The maximum atomic E-state index is 13.2. The zero-order valence-corrected chi connectivity index (χ0v) is 22.5. The number of rotatable bonds is 9. The molecule has 2 heterocycles. The summed E-state index contributed by atoms with van der Waals surface area (Å²) in [6, 6.07) is 7.65. The van der Waals surface area contributed by atoms with Crippen LogP contribution in [0.2, 0.25) is 0 Å². The molecule has 0 spiro atoms. The van der Waals surface area contributed by atoms with Gasteiger partial charge in [0.05, 0.1) is 18.3 Å². The molecule has 1 amide bonds. The lowest BCUT2D eigenvalue weighted by molar-refractivity contribution is -0.140. The van der Waals surface area contributed by atoms with Gasteiger partial charge in [-0.15, -0.1) is 0 Å². The molecular formula is C30H44N2O3. The van der Waals surface area contributed by atoms with E-state index in [0.717, 1.165) is 43.4 Å². The number of Topliss-reactive ketones (excluding diaryl/α,β-unsaturated/α-hetero) is 1. The average Bonchev–Trinajstić information content (AvgIpc) is 3.33. The SMILES string of the molecule is CCC1=COC(c2ccc(CC(C)C(C)CC(=O)C3CCCN3C(=O)C(N)C(C)(C)C)cc2)=CC1. The Morgan fingerprint density at radius 1 is 1.14 bits per heavy atom. The van der Waals surface area contributed by atoms with E-state index >= 15 is 0 Å². The quantitative estimate of drug-likeness (QED) is 0.479. The third-order valence-corrected chi connectivity index (χ3v) is 7.75. The fourth-order valence-electron chi connectivity index (χ4n) is 4.83. The lowest BCUT2D eigenvalue weighted by Gasteiger charge is -2.33. The number of allylic oxidation sites excluding steroid dienone is 2. The highest BCUT2D eigenvalue weighted by Gasteiger charge is 2.39. The van der Waals surface area contributed by atoms with Gasteiger partial charge in [-0.2, -0.15) is 0 Å². The van der Waals surface area contributed by atoms with E-state index in [4.69, 9.17) is 10.5 Å². The molecule has 2 N–H and O–H groups in total. The number of nitrogens with zero attached hydrogens (tertiary/aromatic N) is 1. The van der Waals surface area contributed by atoms with Crippen LogP contribution < -0.4 is 5.73 Å². The monoisotopic (exact) mass is 480 g/mol. The van der Waals surface area contributed by atoms with Crippen LogP contribution in [0.15, 0.2) is 42.2 Å². The van der Waals surface area contributed by atoms with E-state index in [1.807, 2.05) is 27.0 Å². The summed E-state index contributed by atoms with van der Waals surface area (Å²) in [5.41, 5.74) is 9.57. The van der Waals surface area contributed by atoms with Gasteiger partial charge in [0.25, 0.3) is 0 Å². The molecule has 1 saturated heterocycles. The maximum Gasteiger partial charge on any atom is 0.240 e. The number of carbonyl (C=O) groups excluding carboxylic acids is 2. The van der Waals surface area contributed by atoms with Crippen molar-refractivity contribution in [1.82, 2.24) is 4.90 Å². The van der Waals surface area contributed by atoms with Crippen molar-refractivity contribution in [1.29, 1.82) is 0 Å². The van der Waals surface area contributed by atoms with Crippen molar-refractivity contribution < 1.29 is 14.3 Å². The van der Waals surface area contributed by atoms with Crippen LogP contribution in [-0.4, -0.2) is 35.2 Å². The number of carbonyl (C=O) groups is 2. The number of nitrogens with two attached hydrogens (primary N) is 1. The molecule has 0 aliphatic carbocycles. The third-order valence-electron chi connectivity index (χ3n) is 7.75. The standard InChI is InChI=1S/C30H44N2O3/c1-7-22-12-15-27(35-19-22)24-13-10-23(11-14-24)17-20(2)21(3)18-26(33)25-9-8-16-32(25)29(34)28(31)30(4,5)6/h10-11,13-15,19-21,25,28H,7-9,12,16-18,31H2,1-6H3. The summed E-state index contributed by atoms with van der Waals surface area (Å²) in [6.45, 7) is 13.0. The van der Waals surface area contributed by atoms with E-state index in [0.29, 0.717) is 18.9 Å². The van der Waals surface area contributed by atoms with Gasteiger partial charge in [0, 0.05) is 18.5 Å². The number of ether oxygens (including phenoxy) is 1. The van der Waals surface area contributed by atoms with E-state index in [2.05, 4.69) is 51.1 Å². The molecule has 4 unspecified atom stereocenters. The van der Waals surface area contributed by atoms with Crippen molar-refractivity contribution in [2.75, 3.05) is 6.54 Å². The second-order valence-electron chi connectivity index (χ2n) is 11.6. The fourth-order valence-corrected chi connectivity index (χ4v) is 4.83. The highest BCUT2D eigenvalue weighted by Crippen LogP contribution is 2.29. The van der Waals surface area contributed by atoms with Crippen molar-refractivity contribution in [2.24, 2.45) is 23.0 Å². The fraction of sp³-hybridized carbons (Fsp3) is 0.600. The molecule has 192 valence electrons. The topological polar surface area (TPSA) is 72.6 Å². The molecule has 0 radical (unpaired) electrons. The summed E-state index contributed by atoms with van der Waals surface area (Å²) in [5, 5.41) is 0. The molecule has 2 aliphatic heterocycles. The molecule has 35 heavy (non-hydrogen) atoms. The molecule has 1 aromatic carbocycles. The molecule has 0 bridgehead atoms. The normalized spacial score (nSPS) is 21.0. The number of hydrogen-bond acceptors (Lipinski definition) is 4. The second-order valence-corrected chi connectivity index (χ2v) is 11.6.